The first kappa shape index (κ1) is 44.1. The fraction of sp³-hybridized carbons (Fsp3) is 0.0909. The van der Waals surface area contributed by atoms with Crippen LogP contribution in [0.5, 0.6) is 0 Å². The molecule has 0 N–H and O–H groups in total. The van der Waals surface area contributed by atoms with Crippen molar-refractivity contribution in [3.63, 3.8) is 0 Å². The molecule has 8 heteroatoms. The van der Waals surface area contributed by atoms with Crippen LogP contribution in [-0.2, 0) is 36.2 Å². The summed E-state index contributed by atoms with van der Waals surface area (Å²) >= 11 is 1.36. The van der Waals surface area contributed by atoms with E-state index in [1.165, 1.54) is 67.1 Å². The Morgan fingerprint density at radius 1 is 0.481 bits per heavy atom. The summed E-state index contributed by atoms with van der Waals surface area (Å²) in [6.45, 7) is 7.44. The van der Waals surface area contributed by atoms with Gasteiger partial charge in [-0.05, 0) is 83.6 Å². The Balaban J connectivity index is 0.000000320. The second kappa shape index (κ2) is 21.5. The van der Waals surface area contributed by atoms with Crippen LogP contribution in [0.1, 0.15) is 25.0 Å². The number of nitrogens with zero attached hydrogens (tertiary/aromatic N) is 4. The van der Waals surface area contributed by atoms with Crippen LogP contribution >= 0.6 is 24.8 Å². The van der Waals surface area contributed by atoms with Crippen LogP contribution in [0.25, 0.3) is 66.6 Å². The number of benzene rings is 2. The van der Waals surface area contributed by atoms with E-state index in [-0.39, 0.29) is 39.7 Å². The van der Waals surface area contributed by atoms with E-state index in [9.17, 15) is 0 Å². The maximum atomic E-state index is 4.55. The van der Waals surface area contributed by atoms with Gasteiger partial charge < -0.3 is 14.9 Å². The van der Waals surface area contributed by atoms with Crippen LogP contribution in [0.3, 0.4) is 0 Å². The average Bonchev–Trinajstić information content (AvgIpc) is 3.81. The molecular formula is C44H42Cl2N4SiZr-4. The zero-order chi connectivity index (χ0) is 33.3. The van der Waals surface area contributed by atoms with Gasteiger partial charge in [0.1, 0.15) is 0 Å². The third-order valence-electron chi connectivity index (χ3n) is 8.38. The summed E-state index contributed by atoms with van der Waals surface area (Å²) in [5.74, 6) is 0. The fourth-order valence-electron chi connectivity index (χ4n) is 6.01. The van der Waals surface area contributed by atoms with Crippen LogP contribution in [-0.4, -0.2) is 26.8 Å². The minimum absolute atomic E-state index is 0. The van der Waals surface area contributed by atoms with Crippen LogP contribution in [0, 0.1) is 14.9 Å². The molecule has 0 aliphatic rings. The van der Waals surface area contributed by atoms with E-state index in [2.05, 4.69) is 101 Å². The van der Waals surface area contributed by atoms with E-state index in [1.807, 2.05) is 85.5 Å². The summed E-state index contributed by atoms with van der Waals surface area (Å²) in [7, 11) is 0. The van der Waals surface area contributed by atoms with Gasteiger partial charge in [-0.15, -0.1) is 81.8 Å². The Morgan fingerprint density at radius 3 is 1.10 bits per heavy atom. The predicted molar refractivity (Wildman–Crippen MR) is 224 cm³/mol. The standard InChI is InChI=1S/2C21H17N2.2CH3.2ClH.Si.Zr/c2*1-2-15-11-16-13-17(20-7-3-5-9-22-20)14-19(18(16)12-15)21-8-4-6-10-23-21;;;;;;/h2*3-14H,2H2,1H3;2*1H3;2*1H;;/q4*-1;;;;. The first-order valence-electron chi connectivity index (χ1n) is 16.1. The number of aromatic nitrogens is 4. The molecule has 4 heterocycles. The van der Waals surface area contributed by atoms with E-state index in [4.69, 9.17) is 0 Å². The van der Waals surface area contributed by atoms with Gasteiger partial charge in [-0.3, -0.25) is 19.9 Å². The number of fused-ring (bicyclic) bond motifs is 2. The van der Waals surface area contributed by atoms with Gasteiger partial charge in [0, 0.05) is 24.8 Å². The Morgan fingerprint density at radius 2 is 0.808 bits per heavy atom. The Labute approximate surface area is 338 Å². The molecule has 0 unspecified atom stereocenters. The van der Waals surface area contributed by atoms with Crippen molar-refractivity contribution in [1.82, 2.24) is 19.9 Å². The number of pyridine rings is 4. The molecule has 2 radical (unpaired) electrons. The molecule has 4 aromatic heterocycles. The second-order valence-electron chi connectivity index (χ2n) is 11.3. The molecule has 4 nitrogen and oxygen atoms in total. The van der Waals surface area contributed by atoms with Gasteiger partial charge in [0.25, 0.3) is 0 Å². The van der Waals surface area contributed by atoms with Gasteiger partial charge in [-0.2, -0.15) is 12.1 Å². The predicted octanol–water partition coefficient (Wildman–Crippen LogP) is 11.9. The second-order valence-corrected chi connectivity index (χ2v) is 11.3. The molecule has 4 aromatic carbocycles. The summed E-state index contributed by atoms with van der Waals surface area (Å²) in [6, 6.07) is 42.1. The van der Waals surface area contributed by atoms with Crippen molar-refractivity contribution in [2.75, 3.05) is 0 Å². The zero-order valence-electron chi connectivity index (χ0n) is 29.9. The molecule has 8 aromatic rings. The molecule has 0 aliphatic carbocycles. The van der Waals surface area contributed by atoms with Crippen molar-refractivity contribution < 1.29 is 23.3 Å². The van der Waals surface area contributed by atoms with Crippen molar-refractivity contribution in [3.8, 4) is 45.0 Å². The number of halogens is 2. The molecule has 0 bridgehead atoms. The summed E-state index contributed by atoms with van der Waals surface area (Å²) < 4.78 is 0. The Hall–Kier alpha value is -4.06. The summed E-state index contributed by atoms with van der Waals surface area (Å²) in [4.78, 5) is 18.1. The number of aryl methyl sites for hydroxylation is 2. The SMILES string of the molecule is CCc1cc2c(-c3ccccn3)cc(-c3ccccn3)cc2[cH-]1.CCc1cc2c(-c3ccccn3)cc(-c3ccccn3)cc2[cH-]1.Cl.Cl.[CH3-].[CH3-].[Si]=[Zr]. The van der Waals surface area contributed by atoms with E-state index in [0.29, 0.717) is 0 Å². The first-order valence-corrected chi connectivity index (χ1v) is 20.3. The van der Waals surface area contributed by atoms with Crippen molar-refractivity contribution in [2.24, 2.45) is 0 Å². The Bertz CT molecular complexity index is 2080. The number of hydrogen-bond donors (Lipinski definition) is 0. The maximum absolute atomic E-state index is 4.55. The van der Waals surface area contributed by atoms with Gasteiger partial charge >= 0.3 is 30.2 Å². The molecule has 264 valence electrons. The van der Waals surface area contributed by atoms with Crippen molar-refractivity contribution >= 4 is 53.2 Å². The zero-order valence-corrected chi connectivity index (χ0v) is 35.0. The van der Waals surface area contributed by atoms with Crippen molar-refractivity contribution in [2.45, 2.75) is 26.7 Å². The molecule has 0 atom stereocenters. The van der Waals surface area contributed by atoms with Crippen LogP contribution in [0.4, 0.5) is 0 Å². The molecule has 8 rings (SSSR count). The van der Waals surface area contributed by atoms with Crippen molar-refractivity contribution in [1.29, 1.82) is 0 Å². The van der Waals surface area contributed by atoms with Gasteiger partial charge in [0.2, 0.25) is 0 Å². The molecule has 0 spiro atoms. The third-order valence-corrected chi connectivity index (χ3v) is 8.38. The molecule has 0 fully saturated rings. The summed E-state index contributed by atoms with van der Waals surface area (Å²) in [5, 5.41) is 5.04. The Kier molecular flexibility index (Phi) is 18.2. The number of hydrogen-bond acceptors (Lipinski definition) is 4. The van der Waals surface area contributed by atoms with Crippen molar-refractivity contribution in [3.05, 3.63) is 172 Å². The topological polar surface area (TPSA) is 51.6 Å². The molecule has 0 saturated carbocycles. The van der Waals surface area contributed by atoms with Crippen LogP contribution < -0.4 is 0 Å². The van der Waals surface area contributed by atoms with Gasteiger partial charge in [0.05, 0.1) is 22.8 Å². The van der Waals surface area contributed by atoms with Gasteiger partial charge in [-0.25, -0.2) is 0 Å². The van der Waals surface area contributed by atoms with E-state index in [0.717, 1.165) is 46.7 Å². The quantitative estimate of drug-likeness (QED) is 0.124. The third kappa shape index (κ3) is 10.1. The monoisotopic (exact) mass is 814 g/mol. The molecular weight excluding hydrogens is 775 g/mol. The molecule has 0 amide bonds. The van der Waals surface area contributed by atoms with Crippen LogP contribution in [0.15, 0.2) is 146 Å². The van der Waals surface area contributed by atoms with E-state index < -0.39 is 0 Å². The first-order chi connectivity index (χ1) is 23.7. The minimum atomic E-state index is 0. The van der Waals surface area contributed by atoms with Gasteiger partial charge in [0.15, 0.2) is 0 Å². The molecule has 52 heavy (non-hydrogen) atoms. The van der Waals surface area contributed by atoms with Crippen LogP contribution in [0.2, 0.25) is 0 Å². The normalized spacial score (nSPS) is 9.79. The fourth-order valence-corrected chi connectivity index (χ4v) is 6.01. The summed E-state index contributed by atoms with van der Waals surface area (Å²) in [6.07, 6.45) is 9.44. The van der Waals surface area contributed by atoms with E-state index >= 15 is 0 Å². The molecule has 0 saturated heterocycles. The number of rotatable bonds is 6. The summed E-state index contributed by atoms with van der Waals surface area (Å²) in [5.41, 5.74) is 11.3. The molecule has 0 aliphatic heterocycles. The van der Waals surface area contributed by atoms with Gasteiger partial charge in [-0.1, -0.05) is 50.2 Å². The average molecular weight is 817 g/mol. The van der Waals surface area contributed by atoms with E-state index in [1.54, 1.807) is 0 Å².